The van der Waals surface area contributed by atoms with Crippen LogP contribution in [0.3, 0.4) is 0 Å². The number of hydrogen-bond donors (Lipinski definition) is 2. The van der Waals surface area contributed by atoms with Gasteiger partial charge in [0.1, 0.15) is 11.9 Å². The molecule has 1 rings (SSSR count). The Bertz CT molecular complexity index is 248. The first kappa shape index (κ1) is 10.1. The molecule has 0 bridgehead atoms. The lowest BCUT2D eigenvalue weighted by atomic mass is 10.3. The molecule has 1 unspecified atom stereocenters. The summed E-state index contributed by atoms with van der Waals surface area (Å²) in [6.45, 7) is 2.59. The average Bonchev–Trinajstić information content (AvgIpc) is 2.62. The molecule has 0 saturated heterocycles. The third-order valence-electron chi connectivity index (χ3n) is 1.88. The summed E-state index contributed by atoms with van der Waals surface area (Å²) in [5.74, 6) is 1.58. The van der Waals surface area contributed by atoms with Crippen LogP contribution >= 0.6 is 0 Å². The number of nitrogens with zero attached hydrogens (tertiary/aromatic N) is 2. The molecule has 3 N–H and O–H groups in total. The van der Waals surface area contributed by atoms with E-state index in [1.807, 2.05) is 6.92 Å². The van der Waals surface area contributed by atoms with Gasteiger partial charge in [0, 0.05) is 13.5 Å². The summed E-state index contributed by atoms with van der Waals surface area (Å²) in [6, 6.07) is 0. The maximum Gasteiger partial charge on any atom is 0.179 e. The maximum atomic E-state index is 5.38. The van der Waals surface area contributed by atoms with E-state index in [1.54, 1.807) is 7.11 Å². The quantitative estimate of drug-likeness (QED) is 0.694. The van der Waals surface area contributed by atoms with Crippen molar-refractivity contribution < 1.29 is 4.74 Å². The van der Waals surface area contributed by atoms with Crippen LogP contribution in [0.25, 0.3) is 0 Å². The van der Waals surface area contributed by atoms with Crippen LogP contribution in [0.5, 0.6) is 0 Å². The minimum Gasteiger partial charge on any atom is -0.374 e. The van der Waals surface area contributed by atoms with Gasteiger partial charge in [-0.05, 0) is 19.9 Å². The molecule has 13 heavy (non-hydrogen) atoms. The highest BCUT2D eigenvalue weighted by Crippen LogP contribution is 2.09. The second kappa shape index (κ2) is 4.94. The number of nitrogens with two attached hydrogens (primary N) is 1. The van der Waals surface area contributed by atoms with Crippen LogP contribution < -0.4 is 5.73 Å². The van der Waals surface area contributed by atoms with Crippen molar-refractivity contribution in [3.63, 3.8) is 0 Å². The van der Waals surface area contributed by atoms with Crippen LogP contribution in [0.15, 0.2) is 0 Å². The smallest absolute Gasteiger partial charge is 0.179 e. The lowest BCUT2D eigenvalue weighted by Crippen LogP contribution is -2.01. The fourth-order valence-electron chi connectivity index (χ4n) is 0.979. The van der Waals surface area contributed by atoms with Gasteiger partial charge in [-0.3, -0.25) is 5.10 Å². The third kappa shape index (κ3) is 2.78. The third-order valence-corrected chi connectivity index (χ3v) is 1.88. The molecule has 0 fully saturated rings. The highest BCUT2D eigenvalue weighted by Gasteiger charge is 2.09. The van der Waals surface area contributed by atoms with Crippen LogP contribution in [0.1, 0.15) is 31.1 Å². The van der Waals surface area contributed by atoms with E-state index in [0.717, 1.165) is 18.7 Å². The van der Waals surface area contributed by atoms with Crippen molar-refractivity contribution in [2.45, 2.75) is 25.9 Å². The second-order valence-corrected chi connectivity index (χ2v) is 2.91. The largest absolute Gasteiger partial charge is 0.374 e. The topological polar surface area (TPSA) is 76.8 Å². The number of rotatable bonds is 5. The highest BCUT2D eigenvalue weighted by atomic mass is 16.5. The van der Waals surface area contributed by atoms with Gasteiger partial charge in [0.15, 0.2) is 5.82 Å². The van der Waals surface area contributed by atoms with Crippen molar-refractivity contribution in [1.82, 2.24) is 15.2 Å². The molecule has 0 radical (unpaired) electrons. The summed E-state index contributed by atoms with van der Waals surface area (Å²) in [4.78, 5) is 4.27. The number of hydrogen-bond acceptors (Lipinski definition) is 4. The Balaban J connectivity index is 2.53. The van der Waals surface area contributed by atoms with E-state index >= 15 is 0 Å². The van der Waals surface area contributed by atoms with Crippen LogP contribution in [0.2, 0.25) is 0 Å². The summed E-state index contributed by atoms with van der Waals surface area (Å²) in [5, 5.41) is 6.90. The van der Waals surface area contributed by atoms with Crippen molar-refractivity contribution in [3.05, 3.63) is 11.6 Å². The predicted molar refractivity (Wildman–Crippen MR) is 49.2 cm³/mol. The minimum absolute atomic E-state index is 0.0529. The second-order valence-electron chi connectivity index (χ2n) is 2.91. The summed E-state index contributed by atoms with van der Waals surface area (Å²) in [6.07, 6.45) is 1.72. The maximum absolute atomic E-state index is 5.38. The number of ether oxygens (including phenoxy) is 1. The molecule has 0 aliphatic carbocycles. The molecule has 0 aliphatic rings. The summed E-state index contributed by atoms with van der Waals surface area (Å²) >= 11 is 0. The van der Waals surface area contributed by atoms with Crippen molar-refractivity contribution in [1.29, 1.82) is 0 Å². The number of nitrogens with one attached hydrogen (secondary N) is 1. The molecular formula is C8H16N4O. The van der Waals surface area contributed by atoms with E-state index in [4.69, 9.17) is 10.5 Å². The summed E-state index contributed by atoms with van der Waals surface area (Å²) in [7, 11) is 1.64. The number of H-pyrrole nitrogens is 1. The molecule has 1 aromatic heterocycles. The lowest BCUT2D eigenvalue weighted by Gasteiger charge is -2.01. The fourth-order valence-corrected chi connectivity index (χ4v) is 0.979. The Morgan fingerprint density at radius 3 is 3.00 bits per heavy atom. The van der Waals surface area contributed by atoms with Gasteiger partial charge in [-0.2, -0.15) is 5.10 Å². The molecule has 1 heterocycles. The van der Waals surface area contributed by atoms with Gasteiger partial charge < -0.3 is 10.5 Å². The van der Waals surface area contributed by atoms with Gasteiger partial charge in [-0.1, -0.05) is 0 Å². The molecular weight excluding hydrogens is 168 g/mol. The van der Waals surface area contributed by atoms with Gasteiger partial charge in [-0.15, -0.1) is 0 Å². The van der Waals surface area contributed by atoms with E-state index < -0.39 is 0 Å². The van der Waals surface area contributed by atoms with Crippen molar-refractivity contribution in [2.75, 3.05) is 13.7 Å². The number of aromatic nitrogens is 3. The van der Waals surface area contributed by atoms with E-state index in [1.165, 1.54) is 0 Å². The standard InChI is InChI=1S/C8H16N4O/c1-6(13-2)8-10-7(11-12-8)4-3-5-9/h6H,3-5,9H2,1-2H3,(H,10,11,12). The Morgan fingerprint density at radius 2 is 2.38 bits per heavy atom. The molecule has 0 amide bonds. The molecule has 0 spiro atoms. The number of aryl methyl sites for hydroxylation is 1. The van der Waals surface area contributed by atoms with Crippen molar-refractivity contribution in [2.24, 2.45) is 5.73 Å². The van der Waals surface area contributed by atoms with Gasteiger partial charge in [0.2, 0.25) is 0 Å². The molecule has 0 aliphatic heterocycles. The molecule has 74 valence electrons. The van der Waals surface area contributed by atoms with Gasteiger partial charge >= 0.3 is 0 Å². The summed E-state index contributed by atoms with van der Waals surface area (Å²) in [5.41, 5.74) is 5.38. The molecule has 5 heteroatoms. The molecule has 1 atom stereocenters. The Morgan fingerprint density at radius 1 is 1.62 bits per heavy atom. The number of aromatic amines is 1. The Labute approximate surface area is 77.7 Å². The zero-order chi connectivity index (χ0) is 9.68. The van der Waals surface area contributed by atoms with E-state index in [9.17, 15) is 0 Å². The highest BCUT2D eigenvalue weighted by molar-refractivity contribution is 4.93. The van der Waals surface area contributed by atoms with Crippen molar-refractivity contribution in [3.8, 4) is 0 Å². The monoisotopic (exact) mass is 184 g/mol. The minimum atomic E-state index is -0.0529. The van der Waals surface area contributed by atoms with Gasteiger partial charge in [0.05, 0.1) is 0 Å². The van der Waals surface area contributed by atoms with Crippen molar-refractivity contribution >= 4 is 0 Å². The first-order valence-electron chi connectivity index (χ1n) is 4.42. The predicted octanol–water partition coefficient (Wildman–Crippen LogP) is 0.403. The van der Waals surface area contributed by atoms with Crippen LogP contribution in [-0.4, -0.2) is 28.8 Å². The van der Waals surface area contributed by atoms with Crippen LogP contribution in [0, 0.1) is 0 Å². The Kier molecular flexibility index (Phi) is 3.85. The molecule has 0 aromatic carbocycles. The first-order valence-corrected chi connectivity index (χ1v) is 4.42. The van der Waals surface area contributed by atoms with Crippen LogP contribution in [-0.2, 0) is 11.2 Å². The lowest BCUT2D eigenvalue weighted by molar-refractivity contribution is 0.112. The summed E-state index contributed by atoms with van der Waals surface area (Å²) < 4.78 is 5.08. The Hall–Kier alpha value is -0.940. The van der Waals surface area contributed by atoms with E-state index in [0.29, 0.717) is 12.4 Å². The number of methoxy groups -OCH3 is 1. The normalized spacial score (nSPS) is 13.2. The fraction of sp³-hybridized carbons (Fsp3) is 0.750. The van der Waals surface area contributed by atoms with E-state index in [2.05, 4.69) is 15.2 Å². The van der Waals surface area contributed by atoms with Gasteiger partial charge in [-0.25, -0.2) is 4.98 Å². The molecule has 0 saturated carbocycles. The average molecular weight is 184 g/mol. The SMILES string of the molecule is COC(C)c1n[nH]c(CCCN)n1. The van der Waals surface area contributed by atoms with E-state index in [-0.39, 0.29) is 6.10 Å². The van der Waals surface area contributed by atoms with Gasteiger partial charge in [0.25, 0.3) is 0 Å². The molecule has 5 nitrogen and oxygen atoms in total. The zero-order valence-electron chi connectivity index (χ0n) is 8.08. The molecule has 1 aromatic rings. The first-order chi connectivity index (χ1) is 6.27. The van der Waals surface area contributed by atoms with Crippen LogP contribution in [0.4, 0.5) is 0 Å². The zero-order valence-corrected chi connectivity index (χ0v) is 8.08.